The molecule has 0 bridgehead atoms. The zero-order valence-electron chi connectivity index (χ0n) is 16.6. The monoisotopic (exact) mass is 397 g/mol. The molecule has 29 heavy (non-hydrogen) atoms. The SMILES string of the molecule is CCC(C)C(N)C(O)C(C(=O)O)C(=O)OCC1c2ccccc2-c2ccccc21. The van der Waals surface area contributed by atoms with Gasteiger partial charge in [-0.25, -0.2) is 0 Å². The van der Waals surface area contributed by atoms with E-state index in [0.29, 0.717) is 6.42 Å². The van der Waals surface area contributed by atoms with Crippen LogP contribution in [-0.2, 0) is 14.3 Å². The fraction of sp³-hybridized carbons (Fsp3) is 0.391. The zero-order chi connectivity index (χ0) is 21.1. The Kier molecular flexibility index (Phi) is 6.35. The molecule has 1 aliphatic carbocycles. The lowest BCUT2D eigenvalue weighted by atomic mass is 9.87. The number of hydrogen-bond acceptors (Lipinski definition) is 5. The third-order valence-electron chi connectivity index (χ3n) is 5.91. The van der Waals surface area contributed by atoms with E-state index >= 15 is 0 Å². The molecule has 0 aromatic heterocycles. The first-order valence-corrected chi connectivity index (χ1v) is 9.88. The van der Waals surface area contributed by atoms with Gasteiger partial charge in [0.1, 0.15) is 6.61 Å². The highest BCUT2D eigenvalue weighted by Crippen LogP contribution is 2.44. The van der Waals surface area contributed by atoms with Crippen LogP contribution in [0.25, 0.3) is 11.1 Å². The Bertz CT molecular complexity index is 851. The summed E-state index contributed by atoms with van der Waals surface area (Å²) in [5, 5.41) is 19.9. The smallest absolute Gasteiger partial charge is 0.323 e. The molecule has 0 aliphatic heterocycles. The predicted octanol–water partition coefficient (Wildman–Crippen LogP) is 2.78. The first-order valence-electron chi connectivity index (χ1n) is 9.88. The third kappa shape index (κ3) is 4.04. The predicted molar refractivity (Wildman–Crippen MR) is 109 cm³/mol. The topological polar surface area (TPSA) is 110 Å². The van der Waals surface area contributed by atoms with Gasteiger partial charge in [-0.1, -0.05) is 68.8 Å². The number of benzene rings is 2. The standard InChI is InChI=1S/C23H27NO5/c1-3-13(2)20(24)21(25)19(22(26)27)23(28)29-12-18-16-10-6-4-8-14(16)15-9-5-7-11-17(15)18/h4-11,13,18-21,25H,3,12,24H2,1-2H3,(H,26,27). The normalized spacial score (nSPS) is 17.0. The molecule has 154 valence electrons. The van der Waals surface area contributed by atoms with Gasteiger partial charge in [0.2, 0.25) is 0 Å². The van der Waals surface area contributed by atoms with Gasteiger partial charge in [0.05, 0.1) is 6.10 Å². The molecular weight excluding hydrogens is 370 g/mol. The van der Waals surface area contributed by atoms with E-state index in [4.69, 9.17) is 10.5 Å². The van der Waals surface area contributed by atoms with Crippen LogP contribution < -0.4 is 5.73 Å². The highest BCUT2D eigenvalue weighted by molar-refractivity contribution is 5.94. The van der Waals surface area contributed by atoms with Gasteiger partial charge in [-0.3, -0.25) is 9.59 Å². The minimum atomic E-state index is -1.72. The summed E-state index contributed by atoms with van der Waals surface area (Å²) in [5.74, 6) is -4.43. The molecule has 2 aromatic rings. The van der Waals surface area contributed by atoms with Crippen LogP contribution in [0.15, 0.2) is 48.5 Å². The zero-order valence-corrected chi connectivity index (χ0v) is 16.6. The number of carboxylic acid groups (broad SMARTS) is 1. The van der Waals surface area contributed by atoms with E-state index in [1.807, 2.05) is 62.4 Å². The summed E-state index contributed by atoms with van der Waals surface area (Å²) in [6, 6.07) is 14.9. The fourth-order valence-corrected chi connectivity index (χ4v) is 3.91. The van der Waals surface area contributed by atoms with Crippen LogP contribution in [0.5, 0.6) is 0 Å². The van der Waals surface area contributed by atoms with Crippen molar-refractivity contribution in [2.24, 2.45) is 17.6 Å². The first-order chi connectivity index (χ1) is 13.9. The number of aliphatic hydroxyl groups excluding tert-OH is 1. The number of esters is 1. The van der Waals surface area contributed by atoms with Gasteiger partial charge >= 0.3 is 11.9 Å². The molecule has 0 amide bonds. The van der Waals surface area contributed by atoms with E-state index in [9.17, 15) is 19.8 Å². The highest BCUT2D eigenvalue weighted by Gasteiger charge is 2.40. The molecule has 3 rings (SSSR count). The van der Waals surface area contributed by atoms with Gasteiger partial charge in [-0.2, -0.15) is 0 Å². The van der Waals surface area contributed by atoms with Crippen molar-refractivity contribution in [3.63, 3.8) is 0 Å². The van der Waals surface area contributed by atoms with Gasteiger partial charge in [0.25, 0.3) is 0 Å². The van der Waals surface area contributed by atoms with E-state index in [1.54, 1.807) is 0 Å². The maximum atomic E-state index is 12.6. The molecule has 4 unspecified atom stereocenters. The number of rotatable bonds is 8. The van der Waals surface area contributed by atoms with Gasteiger partial charge in [-0.05, 0) is 28.2 Å². The molecule has 0 heterocycles. The van der Waals surface area contributed by atoms with E-state index in [2.05, 4.69) is 0 Å². The van der Waals surface area contributed by atoms with Crippen LogP contribution in [0.2, 0.25) is 0 Å². The fourth-order valence-electron chi connectivity index (χ4n) is 3.91. The molecule has 6 heteroatoms. The average Bonchev–Trinajstić information content (AvgIpc) is 3.04. The lowest BCUT2D eigenvalue weighted by Gasteiger charge is -2.27. The Morgan fingerprint density at radius 3 is 2.07 bits per heavy atom. The highest BCUT2D eigenvalue weighted by atomic mass is 16.5. The third-order valence-corrected chi connectivity index (χ3v) is 5.91. The number of aliphatic carboxylic acids is 1. The van der Waals surface area contributed by atoms with E-state index < -0.39 is 30.0 Å². The molecule has 6 nitrogen and oxygen atoms in total. The Labute approximate surface area is 170 Å². The number of ether oxygens (including phenoxy) is 1. The van der Waals surface area contributed by atoms with Crippen molar-refractivity contribution in [1.82, 2.24) is 0 Å². The van der Waals surface area contributed by atoms with E-state index in [0.717, 1.165) is 22.3 Å². The summed E-state index contributed by atoms with van der Waals surface area (Å²) in [6.07, 6.45) is -0.854. The number of carbonyl (C=O) groups is 2. The Hall–Kier alpha value is -2.70. The minimum absolute atomic E-state index is 0.00191. The maximum Gasteiger partial charge on any atom is 0.323 e. The van der Waals surface area contributed by atoms with Crippen LogP contribution in [0.4, 0.5) is 0 Å². The molecule has 2 aromatic carbocycles. The van der Waals surface area contributed by atoms with E-state index in [1.165, 1.54) is 0 Å². The first kappa shape index (κ1) is 21.0. The van der Waals surface area contributed by atoms with Gasteiger partial charge in [0.15, 0.2) is 5.92 Å². The van der Waals surface area contributed by atoms with Crippen LogP contribution >= 0.6 is 0 Å². The molecule has 0 saturated carbocycles. The molecule has 4 atom stereocenters. The molecule has 0 fully saturated rings. The molecule has 4 N–H and O–H groups in total. The second-order valence-corrected chi connectivity index (χ2v) is 7.63. The van der Waals surface area contributed by atoms with Gasteiger partial charge < -0.3 is 20.7 Å². The molecule has 0 spiro atoms. The number of fused-ring (bicyclic) bond motifs is 3. The van der Waals surface area contributed by atoms with E-state index in [-0.39, 0.29) is 18.4 Å². The van der Waals surface area contributed by atoms with Crippen molar-refractivity contribution in [3.05, 3.63) is 59.7 Å². The Balaban J connectivity index is 1.78. The number of hydrogen-bond donors (Lipinski definition) is 3. The lowest BCUT2D eigenvalue weighted by molar-refractivity contribution is -0.165. The van der Waals surface area contributed by atoms with Crippen molar-refractivity contribution >= 4 is 11.9 Å². The summed E-state index contributed by atoms with van der Waals surface area (Å²) < 4.78 is 5.41. The molecule has 1 aliphatic rings. The van der Waals surface area contributed by atoms with Crippen molar-refractivity contribution in [1.29, 1.82) is 0 Å². The summed E-state index contributed by atoms with van der Waals surface area (Å²) in [5.41, 5.74) is 10.2. The quantitative estimate of drug-likeness (QED) is 0.467. The average molecular weight is 397 g/mol. The Morgan fingerprint density at radius 2 is 1.59 bits per heavy atom. The summed E-state index contributed by atoms with van der Waals surface area (Å²) in [7, 11) is 0. The Morgan fingerprint density at radius 1 is 1.07 bits per heavy atom. The number of nitrogens with two attached hydrogens (primary N) is 1. The van der Waals surface area contributed by atoms with Gasteiger partial charge in [0, 0.05) is 12.0 Å². The second-order valence-electron chi connectivity index (χ2n) is 7.63. The van der Waals surface area contributed by atoms with Gasteiger partial charge in [-0.15, -0.1) is 0 Å². The van der Waals surface area contributed by atoms with Crippen molar-refractivity contribution in [2.75, 3.05) is 6.61 Å². The number of carbonyl (C=O) groups excluding carboxylic acids is 1. The molecule has 0 saturated heterocycles. The summed E-state index contributed by atoms with van der Waals surface area (Å²) in [4.78, 5) is 24.3. The summed E-state index contributed by atoms with van der Waals surface area (Å²) >= 11 is 0. The van der Waals surface area contributed by atoms with Crippen molar-refractivity contribution in [2.45, 2.75) is 38.3 Å². The summed E-state index contributed by atoms with van der Waals surface area (Å²) in [6.45, 7) is 3.70. The second kappa shape index (κ2) is 8.76. The van der Waals surface area contributed by atoms with Crippen molar-refractivity contribution < 1.29 is 24.5 Å². The largest absolute Gasteiger partial charge is 0.481 e. The minimum Gasteiger partial charge on any atom is -0.481 e. The van der Waals surface area contributed by atoms with Crippen LogP contribution in [0.1, 0.15) is 37.3 Å². The maximum absolute atomic E-state index is 12.6. The number of carboxylic acids is 1. The van der Waals surface area contributed by atoms with Crippen LogP contribution in [-0.4, -0.2) is 40.9 Å². The van der Waals surface area contributed by atoms with Crippen LogP contribution in [0.3, 0.4) is 0 Å². The molecule has 0 radical (unpaired) electrons. The van der Waals surface area contributed by atoms with Crippen molar-refractivity contribution in [3.8, 4) is 11.1 Å². The van der Waals surface area contributed by atoms with Crippen LogP contribution in [0, 0.1) is 11.8 Å². The molecular formula is C23H27NO5. The lowest BCUT2D eigenvalue weighted by Crippen LogP contribution is -2.50. The number of aliphatic hydroxyl groups is 1.